The summed E-state index contributed by atoms with van der Waals surface area (Å²) >= 11 is 0. The molecule has 2 amide bonds. The third-order valence-corrected chi connectivity index (χ3v) is 4.97. The predicted octanol–water partition coefficient (Wildman–Crippen LogP) is 3.24. The summed E-state index contributed by atoms with van der Waals surface area (Å²) in [5, 5.41) is 2.89. The molecular weight excluding hydrogens is 338 g/mol. The first-order valence-electron chi connectivity index (χ1n) is 9.27. The van der Waals surface area contributed by atoms with Gasteiger partial charge in [0.2, 0.25) is 5.91 Å². The molecule has 1 fully saturated rings. The third-order valence-electron chi connectivity index (χ3n) is 4.97. The van der Waals surface area contributed by atoms with Crippen molar-refractivity contribution in [3.05, 3.63) is 65.7 Å². The minimum absolute atomic E-state index is 0.103. The van der Waals surface area contributed by atoms with E-state index in [0.717, 1.165) is 5.56 Å². The summed E-state index contributed by atoms with van der Waals surface area (Å²) in [5.74, 6) is -0.108. The number of amides is 2. The summed E-state index contributed by atoms with van der Waals surface area (Å²) in [6.45, 7) is 6.61. The van der Waals surface area contributed by atoms with Gasteiger partial charge in [-0.25, -0.2) is 0 Å². The highest BCUT2D eigenvalue weighted by molar-refractivity contribution is 6.04. The van der Waals surface area contributed by atoms with Crippen molar-refractivity contribution in [1.29, 1.82) is 0 Å². The van der Waals surface area contributed by atoms with Crippen LogP contribution in [0, 0.1) is 5.41 Å². The van der Waals surface area contributed by atoms with Crippen LogP contribution in [0.3, 0.4) is 0 Å². The molecule has 3 rings (SSSR count). The minimum Gasteiger partial charge on any atom is -0.336 e. The zero-order chi connectivity index (χ0) is 19.6. The number of nitrogens with zero attached hydrogens (tertiary/aromatic N) is 1. The summed E-state index contributed by atoms with van der Waals surface area (Å²) in [6.07, 6.45) is 0. The topological polar surface area (TPSA) is 75.4 Å². The number of rotatable bonds is 3. The van der Waals surface area contributed by atoms with Crippen LogP contribution < -0.4 is 11.1 Å². The van der Waals surface area contributed by atoms with Crippen molar-refractivity contribution in [3.63, 3.8) is 0 Å². The highest BCUT2D eigenvalue weighted by Gasteiger charge is 2.35. The van der Waals surface area contributed by atoms with Crippen molar-refractivity contribution in [2.75, 3.05) is 18.4 Å². The van der Waals surface area contributed by atoms with Crippen LogP contribution >= 0.6 is 0 Å². The molecule has 1 heterocycles. The van der Waals surface area contributed by atoms with Gasteiger partial charge in [-0.2, -0.15) is 0 Å². The van der Waals surface area contributed by atoms with E-state index in [1.165, 1.54) is 0 Å². The van der Waals surface area contributed by atoms with Crippen molar-refractivity contribution < 1.29 is 9.59 Å². The van der Waals surface area contributed by atoms with Crippen LogP contribution in [0.5, 0.6) is 0 Å². The number of hydrogen-bond acceptors (Lipinski definition) is 3. The second-order valence-electron chi connectivity index (χ2n) is 8.14. The predicted molar refractivity (Wildman–Crippen MR) is 108 cm³/mol. The lowest BCUT2D eigenvalue weighted by atomic mass is 9.95. The first kappa shape index (κ1) is 19.1. The van der Waals surface area contributed by atoms with E-state index in [4.69, 9.17) is 5.73 Å². The second kappa shape index (κ2) is 7.53. The molecule has 1 aliphatic rings. The Bertz CT molecular complexity index is 827. The average Bonchev–Trinajstić information content (AvgIpc) is 3.03. The van der Waals surface area contributed by atoms with Crippen LogP contribution in [0.25, 0.3) is 0 Å². The molecule has 0 aromatic heterocycles. The Morgan fingerprint density at radius 2 is 1.63 bits per heavy atom. The van der Waals surface area contributed by atoms with Crippen molar-refractivity contribution in [2.24, 2.45) is 11.1 Å². The second-order valence-corrected chi connectivity index (χ2v) is 8.14. The fourth-order valence-electron chi connectivity index (χ4n) is 3.31. The number of nitrogens with one attached hydrogen (secondary N) is 1. The van der Waals surface area contributed by atoms with Gasteiger partial charge in [0.05, 0.1) is 11.3 Å². The Balaban J connectivity index is 1.80. The number of benzene rings is 2. The minimum atomic E-state index is -0.537. The normalized spacial score (nSPS) is 19.8. The first-order chi connectivity index (χ1) is 12.8. The molecule has 27 heavy (non-hydrogen) atoms. The number of anilines is 1. The standard InChI is InChI=1S/C22H27N3O2/c1-22(2,3)21(27)24-19-12-8-7-11-16(19)20(26)25-13-17(18(23)14-25)15-9-5-4-6-10-15/h4-12,17-18H,13-14,23H2,1-3H3,(H,24,27)/t17-,18+/m0/s1. The molecule has 3 N–H and O–H groups in total. The van der Waals surface area contributed by atoms with Crippen molar-refractivity contribution in [1.82, 2.24) is 4.90 Å². The maximum Gasteiger partial charge on any atom is 0.256 e. The van der Waals surface area contributed by atoms with Gasteiger partial charge in [-0.3, -0.25) is 9.59 Å². The van der Waals surface area contributed by atoms with Gasteiger partial charge in [-0.15, -0.1) is 0 Å². The number of carbonyl (C=O) groups excluding carboxylic acids is 2. The van der Waals surface area contributed by atoms with E-state index in [1.807, 2.05) is 51.1 Å². The lowest BCUT2D eigenvalue weighted by Crippen LogP contribution is -2.33. The highest BCUT2D eigenvalue weighted by atomic mass is 16.2. The van der Waals surface area contributed by atoms with E-state index in [0.29, 0.717) is 24.3 Å². The monoisotopic (exact) mass is 365 g/mol. The molecule has 0 saturated carbocycles. The van der Waals surface area contributed by atoms with E-state index < -0.39 is 5.41 Å². The lowest BCUT2D eigenvalue weighted by Gasteiger charge is -2.21. The summed E-state index contributed by atoms with van der Waals surface area (Å²) in [4.78, 5) is 27.3. The molecule has 0 unspecified atom stereocenters. The summed E-state index contributed by atoms with van der Waals surface area (Å²) in [7, 11) is 0. The molecule has 5 nitrogen and oxygen atoms in total. The van der Waals surface area contributed by atoms with Gasteiger partial charge in [0, 0.05) is 30.5 Å². The molecule has 0 bridgehead atoms. The molecule has 0 aliphatic carbocycles. The molecule has 0 radical (unpaired) electrons. The van der Waals surface area contributed by atoms with Crippen LogP contribution in [-0.4, -0.2) is 35.8 Å². The van der Waals surface area contributed by atoms with Crippen LogP contribution in [0.2, 0.25) is 0 Å². The number of nitrogens with two attached hydrogens (primary N) is 1. The number of likely N-dealkylation sites (tertiary alicyclic amines) is 1. The lowest BCUT2D eigenvalue weighted by molar-refractivity contribution is -0.123. The highest BCUT2D eigenvalue weighted by Crippen LogP contribution is 2.29. The Labute approximate surface area is 160 Å². The van der Waals surface area contributed by atoms with Crippen LogP contribution in [0.4, 0.5) is 5.69 Å². The van der Waals surface area contributed by atoms with Gasteiger partial charge in [0.15, 0.2) is 0 Å². The Kier molecular flexibility index (Phi) is 5.33. The number of carbonyl (C=O) groups is 2. The van der Waals surface area contributed by atoms with E-state index in [-0.39, 0.29) is 23.8 Å². The van der Waals surface area contributed by atoms with Crippen molar-refractivity contribution >= 4 is 17.5 Å². The maximum absolute atomic E-state index is 13.1. The quantitative estimate of drug-likeness (QED) is 0.877. The van der Waals surface area contributed by atoms with Crippen LogP contribution in [-0.2, 0) is 4.79 Å². The molecule has 2 atom stereocenters. The van der Waals surface area contributed by atoms with Gasteiger partial charge >= 0.3 is 0 Å². The van der Waals surface area contributed by atoms with E-state index in [9.17, 15) is 9.59 Å². The zero-order valence-corrected chi connectivity index (χ0v) is 16.1. The maximum atomic E-state index is 13.1. The molecule has 5 heteroatoms. The SMILES string of the molecule is CC(C)(C)C(=O)Nc1ccccc1C(=O)N1C[C@@H](N)[C@H](c2ccccc2)C1. The van der Waals surface area contributed by atoms with Gasteiger partial charge in [-0.05, 0) is 17.7 Å². The molecule has 0 spiro atoms. The van der Waals surface area contributed by atoms with E-state index in [1.54, 1.807) is 17.0 Å². The zero-order valence-electron chi connectivity index (χ0n) is 16.1. The van der Waals surface area contributed by atoms with Crippen LogP contribution in [0.15, 0.2) is 54.6 Å². The first-order valence-corrected chi connectivity index (χ1v) is 9.27. The fourth-order valence-corrected chi connectivity index (χ4v) is 3.31. The molecule has 1 saturated heterocycles. The number of para-hydroxylation sites is 1. The molecule has 1 aliphatic heterocycles. The summed E-state index contributed by atoms with van der Waals surface area (Å²) in [5.41, 5.74) is 7.98. The van der Waals surface area contributed by atoms with Crippen molar-refractivity contribution in [2.45, 2.75) is 32.7 Å². The molecular formula is C22H27N3O2. The third kappa shape index (κ3) is 4.19. The van der Waals surface area contributed by atoms with Gasteiger partial charge in [0.1, 0.15) is 0 Å². The average molecular weight is 365 g/mol. The smallest absolute Gasteiger partial charge is 0.256 e. The van der Waals surface area contributed by atoms with Crippen molar-refractivity contribution in [3.8, 4) is 0 Å². The van der Waals surface area contributed by atoms with E-state index in [2.05, 4.69) is 17.4 Å². The van der Waals surface area contributed by atoms with E-state index >= 15 is 0 Å². The molecule has 2 aromatic carbocycles. The Hall–Kier alpha value is -2.66. The van der Waals surface area contributed by atoms with Gasteiger partial charge in [0.25, 0.3) is 5.91 Å². The fraction of sp³-hybridized carbons (Fsp3) is 0.364. The Morgan fingerprint density at radius 3 is 2.30 bits per heavy atom. The summed E-state index contributed by atoms with van der Waals surface area (Å²) in [6, 6.07) is 17.1. The largest absolute Gasteiger partial charge is 0.336 e. The van der Waals surface area contributed by atoms with Crippen LogP contribution in [0.1, 0.15) is 42.6 Å². The molecule has 142 valence electrons. The Morgan fingerprint density at radius 1 is 1.00 bits per heavy atom. The van der Waals surface area contributed by atoms with Gasteiger partial charge in [-0.1, -0.05) is 63.2 Å². The molecule has 2 aromatic rings. The summed E-state index contributed by atoms with van der Waals surface area (Å²) < 4.78 is 0. The number of hydrogen-bond donors (Lipinski definition) is 2. The van der Waals surface area contributed by atoms with Gasteiger partial charge < -0.3 is 16.0 Å².